The highest BCUT2D eigenvalue weighted by molar-refractivity contribution is 4.69. The monoisotopic (exact) mass is 154 g/mol. The van der Waals surface area contributed by atoms with Gasteiger partial charge in [0, 0.05) is 12.6 Å². The van der Waals surface area contributed by atoms with E-state index in [9.17, 15) is 0 Å². The van der Waals surface area contributed by atoms with Crippen LogP contribution in [-0.2, 0) is 6.54 Å². The van der Waals surface area contributed by atoms with Gasteiger partial charge in [0.05, 0.1) is 0 Å². The highest BCUT2D eigenvalue weighted by Crippen LogP contribution is 2.00. The van der Waals surface area contributed by atoms with E-state index in [-0.39, 0.29) is 6.04 Å². The van der Waals surface area contributed by atoms with E-state index in [4.69, 9.17) is 5.73 Å². The third-order valence-corrected chi connectivity index (χ3v) is 1.74. The topological polar surface area (TPSA) is 56.7 Å². The molecule has 1 unspecified atom stereocenters. The van der Waals surface area contributed by atoms with Crippen LogP contribution >= 0.6 is 0 Å². The van der Waals surface area contributed by atoms with Gasteiger partial charge in [-0.2, -0.15) is 0 Å². The first-order valence-electron chi connectivity index (χ1n) is 3.78. The minimum Gasteiger partial charge on any atom is -0.326 e. The maximum Gasteiger partial charge on any atom is 0.119 e. The first-order valence-corrected chi connectivity index (χ1v) is 3.78. The summed E-state index contributed by atoms with van der Waals surface area (Å²) in [6.45, 7) is 5.01. The Balaban J connectivity index is 2.43. The van der Waals surface area contributed by atoms with Crippen LogP contribution in [0.2, 0.25) is 0 Å². The average molecular weight is 154 g/mol. The molecule has 62 valence electrons. The molecule has 0 spiro atoms. The largest absolute Gasteiger partial charge is 0.326 e. The van der Waals surface area contributed by atoms with Crippen molar-refractivity contribution in [2.45, 2.75) is 26.4 Å². The smallest absolute Gasteiger partial charge is 0.119 e. The third kappa shape index (κ3) is 2.31. The van der Waals surface area contributed by atoms with Gasteiger partial charge in [-0.15, -0.1) is 10.2 Å². The van der Waals surface area contributed by atoms with Crippen LogP contribution in [0.3, 0.4) is 0 Å². The fourth-order valence-electron chi connectivity index (χ4n) is 0.771. The van der Waals surface area contributed by atoms with Gasteiger partial charge in [-0.05, 0) is 5.92 Å². The Morgan fingerprint density at radius 3 is 2.36 bits per heavy atom. The number of aromatic nitrogens is 3. The zero-order chi connectivity index (χ0) is 8.27. The molecule has 0 aromatic carbocycles. The Kier molecular flexibility index (Phi) is 2.59. The molecule has 0 aliphatic carbocycles. The second kappa shape index (κ2) is 3.48. The van der Waals surface area contributed by atoms with Crippen LogP contribution in [0.4, 0.5) is 0 Å². The number of hydrogen-bond donors (Lipinski definition) is 1. The maximum absolute atomic E-state index is 5.83. The second-order valence-electron chi connectivity index (χ2n) is 3.07. The molecule has 0 saturated carbocycles. The summed E-state index contributed by atoms with van der Waals surface area (Å²) in [6, 6.07) is 0.186. The van der Waals surface area contributed by atoms with Crippen LogP contribution < -0.4 is 5.73 Å². The van der Waals surface area contributed by atoms with Gasteiger partial charge in [0.15, 0.2) is 0 Å². The van der Waals surface area contributed by atoms with Gasteiger partial charge < -0.3 is 10.3 Å². The molecule has 4 nitrogen and oxygen atoms in total. The molecule has 1 heterocycles. The quantitative estimate of drug-likeness (QED) is 0.679. The van der Waals surface area contributed by atoms with Gasteiger partial charge in [-0.3, -0.25) is 0 Å². The standard InChI is InChI=1S/C7H14N4/c1-6(2)7(8)3-11-4-9-10-5-11/h4-7H,3,8H2,1-2H3. The van der Waals surface area contributed by atoms with Crippen molar-refractivity contribution in [1.29, 1.82) is 0 Å². The fraction of sp³-hybridized carbons (Fsp3) is 0.714. The molecule has 2 N–H and O–H groups in total. The SMILES string of the molecule is CC(C)C(N)Cn1cnnc1. The minimum atomic E-state index is 0.186. The van der Waals surface area contributed by atoms with Crippen molar-refractivity contribution >= 4 is 0 Å². The summed E-state index contributed by atoms with van der Waals surface area (Å²) in [5.41, 5.74) is 5.83. The van der Waals surface area contributed by atoms with Crippen molar-refractivity contribution in [3.8, 4) is 0 Å². The van der Waals surface area contributed by atoms with E-state index in [1.165, 1.54) is 0 Å². The Morgan fingerprint density at radius 2 is 1.91 bits per heavy atom. The Hall–Kier alpha value is -0.900. The molecule has 0 fully saturated rings. The summed E-state index contributed by atoms with van der Waals surface area (Å²) in [4.78, 5) is 0. The Labute approximate surface area is 66.4 Å². The van der Waals surface area contributed by atoms with Gasteiger partial charge >= 0.3 is 0 Å². The molecule has 0 aliphatic rings. The zero-order valence-corrected chi connectivity index (χ0v) is 6.94. The van der Waals surface area contributed by atoms with Gasteiger partial charge in [0.1, 0.15) is 12.7 Å². The van der Waals surface area contributed by atoms with Crippen LogP contribution in [0.25, 0.3) is 0 Å². The average Bonchev–Trinajstić information content (AvgIpc) is 2.39. The van der Waals surface area contributed by atoms with E-state index in [1.807, 2.05) is 4.57 Å². The summed E-state index contributed by atoms with van der Waals surface area (Å²) >= 11 is 0. The third-order valence-electron chi connectivity index (χ3n) is 1.74. The van der Waals surface area contributed by atoms with Gasteiger partial charge in [-0.25, -0.2) is 0 Å². The van der Waals surface area contributed by atoms with Crippen LogP contribution in [0.5, 0.6) is 0 Å². The lowest BCUT2D eigenvalue weighted by molar-refractivity contribution is 0.433. The molecule has 0 saturated heterocycles. The summed E-state index contributed by atoms with van der Waals surface area (Å²) < 4.78 is 1.89. The number of nitrogens with zero attached hydrogens (tertiary/aromatic N) is 3. The molecule has 0 radical (unpaired) electrons. The van der Waals surface area contributed by atoms with Crippen molar-refractivity contribution in [2.75, 3.05) is 0 Å². The first-order chi connectivity index (χ1) is 5.20. The fourth-order valence-corrected chi connectivity index (χ4v) is 0.771. The molecule has 0 amide bonds. The number of rotatable bonds is 3. The van der Waals surface area contributed by atoms with E-state index in [0.717, 1.165) is 6.54 Å². The summed E-state index contributed by atoms with van der Waals surface area (Å²) in [5.74, 6) is 0.498. The van der Waals surface area contributed by atoms with Gasteiger partial charge in [0.25, 0.3) is 0 Å². The first kappa shape index (κ1) is 8.20. The van der Waals surface area contributed by atoms with Crippen molar-refractivity contribution in [3.05, 3.63) is 12.7 Å². The van der Waals surface area contributed by atoms with E-state index in [0.29, 0.717) is 5.92 Å². The van der Waals surface area contributed by atoms with E-state index in [2.05, 4.69) is 24.0 Å². The normalized spacial score (nSPS) is 13.8. The number of hydrogen-bond acceptors (Lipinski definition) is 3. The van der Waals surface area contributed by atoms with Gasteiger partial charge in [0.2, 0.25) is 0 Å². The lowest BCUT2D eigenvalue weighted by atomic mass is 10.1. The van der Waals surface area contributed by atoms with Crippen molar-refractivity contribution < 1.29 is 0 Å². The van der Waals surface area contributed by atoms with E-state index in [1.54, 1.807) is 12.7 Å². The maximum atomic E-state index is 5.83. The van der Waals surface area contributed by atoms with E-state index >= 15 is 0 Å². The second-order valence-corrected chi connectivity index (χ2v) is 3.07. The zero-order valence-electron chi connectivity index (χ0n) is 6.94. The van der Waals surface area contributed by atoms with Crippen LogP contribution in [-0.4, -0.2) is 20.8 Å². The van der Waals surface area contributed by atoms with Crippen molar-refractivity contribution in [2.24, 2.45) is 11.7 Å². The van der Waals surface area contributed by atoms with Gasteiger partial charge in [-0.1, -0.05) is 13.8 Å². The molecule has 4 heteroatoms. The Morgan fingerprint density at radius 1 is 1.36 bits per heavy atom. The predicted octanol–water partition coefficient (Wildman–Crippen LogP) is 0.261. The highest BCUT2D eigenvalue weighted by Gasteiger charge is 2.07. The van der Waals surface area contributed by atoms with E-state index < -0.39 is 0 Å². The van der Waals surface area contributed by atoms with Crippen molar-refractivity contribution in [1.82, 2.24) is 14.8 Å². The summed E-state index contributed by atoms with van der Waals surface area (Å²) in [6.07, 6.45) is 3.37. The summed E-state index contributed by atoms with van der Waals surface area (Å²) in [5, 5.41) is 7.38. The Bertz CT molecular complexity index is 192. The minimum absolute atomic E-state index is 0.186. The lowest BCUT2D eigenvalue weighted by Crippen LogP contribution is -2.31. The van der Waals surface area contributed by atoms with Crippen LogP contribution in [0, 0.1) is 5.92 Å². The molecule has 11 heavy (non-hydrogen) atoms. The van der Waals surface area contributed by atoms with Crippen LogP contribution in [0.15, 0.2) is 12.7 Å². The molecule has 1 atom stereocenters. The lowest BCUT2D eigenvalue weighted by Gasteiger charge is -2.14. The predicted molar refractivity (Wildman–Crippen MR) is 42.8 cm³/mol. The molecular weight excluding hydrogens is 140 g/mol. The van der Waals surface area contributed by atoms with Crippen LogP contribution in [0.1, 0.15) is 13.8 Å². The number of nitrogens with two attached hydrogens (primary N) is 1. The highest BCUT2D eigenvalue weighted by atomic mass is 15.2. The molecule has 0 aliphatic heterocycles. The molecular formula is C7H14N4. The summed E-state index contributed by atoms with van der Waals surface area (Å²) in [7, 11) is 0. The molecule has 1 aromatic heterocycles. The molecule has 1 rings (SSSR count). The van der Waals surface area contributed by atoms with Crippen molar-refractivity contribution in [3.63, 3.8) is 0 Å². The molecule has 0 bridgehead atoms. The molecule has 1 aromatic rings.